The van der Waals surface area contributed by atoms with Crippen molar-refractivity contribution in [3.63, 3.8) is 0 Å². The summed E-state index contributed by atoms with van der Waals surface area (Å²) in [6.45, 7) is -0.350. The van der Waals surface area contributed by atoms with Gasteiger partial charge in [0.2, 0.25) is 5.91 Å². The molecule has 0 radical (unpaired) electrons. The van der Waals surface area contributed by atoms with E-state index in [0.717, 1.165) is 30.4 Å². The number of ether oxygens (including phenoxy) is 1. The van der Waals surface area contributed by atoms with Crippen molar-refractivity contribution in [2.24, 2.45) is 16.5 Å². The maximum atomic E-state index is 13.3. The minimum absolute atomic E-state index is 0.0850. The first-order chi connectivity index (χ1) is 20.1. The Morgan fingerprint density at radius 3 is 2.24 bits per heavy atom. The number of rotatable bonds is 11. The lowest BCUT2D eigenvalue weighted by molar-refractivity contribution is -0.145. The smallest absolute Gasteiger partial charge is 0.343 e. The van der Waals surface area contributed by atoms with E-state index in [1.807, 2.05) is 12.1 Å². The van der Waals surface area contributed by atoms with E-state index in [2.05, 4.69) is 4.99 Å². The van der Waals surface area contributed by atoms with E-state index < -0.39 is 24.5 Å². The number of benzene rings is 3. The van der Waals surface area contributed by atoms with Gasteiger partial charge in [0, 0.05) is 13.0 Å². The first kappa shape index (κ1) is 29.8. The van der Waals surface area contributed by atoms with Crippen LogP contribution in [-0.2, 0) is 33.8 Å². The molecular formula is C31H32N4O7. The van der Waals surface area contributed by atoms with E-state index in [9.17, 15) is 24.3 Å². The third-order valence-electron chi connectivity index (χ3n) is 6.98. The van der Waals surface area contributed by atoms with Crippen molar-refractivity contribution in [1.29, 1.82) is 0 Å². The van der Waals surface area contributed by atoms with Gasteiger partial charge >= 0.3 is 17.9 Å². The van der Waals surface area contributed by atoms with E-state index in [1.54, 1.807) is 54.6 Å². The monoisotopic (exact) mass is 572 g/mol. The standard InChI is InChI=1S/C31H32N4O7/c32-31(33)34-24-10-8-21(9-11-24)30(41)42-25-12-13-26-22(15-25)2-1-3-23(26)16-27(36)35(18-29(39)40)17-20-6-4-19(5-7-20)14-28(37)38/h4-13,15,23H,1-3,14,16-18H2,(H,37,38)(H,39,40)(H4,32,33,34). The number of nitrogens with two attached hydrogens (primary N) is 2. The molecular weight excluding hydrogens is 540 g/mol. The van der Waals surface area contributed by atoms with Crippen LogP contribution in [0.25, 0.3) is 0 Å². The number of aliphatic imine (C=N–C) groups is 1. The summed E-state index contributed by atoms with van der Waals surface area (Å²) in [6, 6.07) is 18.4. The fraction of sp³-hybridized carbons (Fsp3) is 0.258. The Kier molecular flexibility index (Phi) is 9.53. The van der Waals surface area contributed by atoms with Gasteiger partial charge in [0.15, 0.2) is 5.96 Å². The fourth-order valence-electron chi connectivity index (χ4n) is 5.05. The lowest BCUT2D eigenvalue weighted by Crippen LogP contribution is -2.36. The highest BCUT2D eigenvalue weighted by Crippen LogP contribution is 2.36. The van der Waals surface area contributed by atoms with Gasteiger partial charge < -0.3 is 31.3 Å². The summed E-state index contributed by atoms with van der Waals surface area (Å²) in [7, 11) is 0. The molecule has 1 unspecified atom stereocenters. The zero-order valence-corrected chi connectivity index (χ0v) is 22.9. The molecule has 0 aliphatic heterocycles. The number of carbonyl (C=O) groups excluding carboxylic acids is 2. The average Bonchev–Trinajstić information content (AvgIpc) is 2.93. The fourth-order valence-corrected chi connectivity index (χ4v) is 5.05. The second-order valence-electron chi connectivity index (χ2n) is 10.2. The zero-order chi connectivity index (χ0) is 30.2. The molecule has 0 fully saturated rings. The molecule has 3 aromatic rings. The molecule has 0 saturated carbocycles. The van der Waals surface area contributed by atoms with Crippen molar-refractivity contribution in [2.45, 2.75) is 44.6 Å². The molecule has 0 bridgehead atoms. The van der Waals surface area contributed by atoms with Gasteiger partial charge in [0.1, 0.15) is 12.3 Å². The van der Waals surface area contributed by atoms with Crippen LogP contribution < -0.4 is 16.2 Å². The van der Waals surface area contributed by atoms with Crippen LogP contribution in [0.5, 0.6) is 5.75 Å². The van der Waals surface area contributed by atoms with Crippen molar-refractivity contribution in [2.75, 3.05) is 6.54 Å². The van der Waals surface area contributed by atoms with Gasteiger partial charge in [-0.3, -0.25) is 14.4 Å². The summed E-state index contributed by atoms with van der Waals surface area (Å²) >= 11 is 0. The Morgan fingerprint density at radius 2 is 1.60 bits per heavy atom. The van der Waals surface area contributed by atoms with Gasteiger partial charge in [-0.25, -0.2) is 9.79 Å². The predicted octanol–water partition coefficient (Wildman–Crippen LogP) is 3.36. The average molecular weight is 573 g/mol. The number of aryl methyl sites for hydroxylation is 1. The van der Waals surface area contributed by atoms with E-state index in [-0.39, 0.29) is 37.2 Å². The molecule has 1 atom stereocenters. The third-order valence-corrected chi connectivity index (χ3v) is 6.98. The zero-order valence-electron chi connectivity index (χ0n) is 22.9. The van der Waals surface area contributed by atoms with Crippen molar-refractivity contribution in [1.82, 2.24) is 4.90 Å². The Labute approximate surface area is 242 Å². The van der Waals surface area contributed by atoms with E-state index in [1.165, 1.54) is 4.90 Å². The van der Waals surface area contributed by atoms with Crippen LogP contribution in [0.2, 0.25) is 0 Å². The van der Waals surface area contributed by atoms with Crippen molar-refractivity contribution in [3.8, 4) is 5.75 Å². The molecule has 0 saturated heterocycles. The molecule has 11 heteroatoms. The summed E-state index contributed by atoms with van der Waals surface area (Å²) in [6.07, 6.45) is 2.38. The van der Waals surface area contributed by atoms with Crippen molar-refractivity contribution >= 4 is 35.5 Å². The molecule has 1 amide bonds. The lowest BCUT2D eigenvalue weighted by atomic mass is 9.80. The van der Waals surface area contributed by atoms with E-state index in [4.69, 9.17) is 21.3 Å². The molecule has 0 heterocycles. The van der Waals surface area contributed by atoms with Gasteiger partial charge in [-0.1, -0.05) is 30.3 Å². The van der Waals surface area contributed by atoms with Gasteiger partial charge in [0.25, 0.3) is 0 Å². The summed E-state index contributed by atoms with van der Waals surface area (Å²) in [5.74, 6) is -2.69. The van der Waals surface area contributed by atoms with Crippen LogP contribution in [0.4, 0.5) is 5.69 Å². The van der Waals surface area contributed by atoms with Gasteiger partial charge in [-0.2, -0.15) is 0 Å². The highest BCUT2D eigenvalue weighted by atomic mass is 16.5. The Morgan fingerprint density at radius 1 is 0.905 bits per heavy atom. The number of carboxylic acid groups (broad SMARTS) is 2. The first-order valence-electron chi connectivity index (χ1n) is 13.4. The molecule has 6 N–H and O–H groups in total. The van der Waals surface area contributed by atoms with Gasteiger partial charge in [-0.15, -0.1) is 0 Å². The minimum atomic E-state index is -1.12. The van der Waals surface area contributed by atoms with Crippen LogP contribution in [0.15, 0.2) is 71.7 Å². The number of hydrogen-bond acceptors (Lipinski definition) is 6. The summed E-state index contributed by atoms with van der Waals surface area (Å²) in [4.78, 5) is 53.7. The van der Waals surface area contributed by atoms with Gasteiger partial charge in [0.05, 0.1) is 17.7 Å². The number of nitrogens with zero attached hydrogens (tertiary/aromatic N) is 2. The number of carbonyl (C=O) groups is 4. The second kappa shape index (κ2) is 13.4. The number of hydrogen-bond donors (Lipinski definition) is 4. The molecule has 3 aromatic carbocycles. The number of amides is 1. The summed E-state index contributed by atoms with van der Waals surface area (Å²) < 4.78 is 5.58. The molecule has 0 spiro atoms. The summed E-state index contributed by atoms with van der Waals surface area (Å²) in [5, 5.41) is 18.4. The lowest BCUT2D eigenvalue weighted by Gasteiger charge is -2.28. The van der Waals surface area contributed by atoms with Crippen LogP contribution in [0.1, 0.15) is 57.8 Å². The number of aliphatic carboxylic acids is 2. The van der Waals surface area contributed by atoms with Crippen LogP contribution in [-0.4, -0.2) is 51.4 Å². The number of esters is 1. The highest BCUT2D eigenvalue weighted by molar-refractivity contribution is 5.91. The third kappa shape index (κ3) is 8.17. The Bertz CT molecular complexity index is 1500. The normalized spacial score (nSPS) is 13.9. The molecule has 1 aliphatic carbocycles. The predicted molar refractivity (Wildman–Crippen MR) is 154 cm³/mol. The maximum Gasteiger partial charge on any atom is 0.343 e. The molecule has 0 aromatic heterocycles. The minimum Gasteiger partial charge on any atom is -0.481 e. The van der Waals surface area contributed by atoms with Crippen LogP contribution >= 0.6 is 0 Å². The van der Waals surface area contributed by atoms with Crippen molar-refractivity contribution in [3.05, 3.63) is 94.5 Å². The van der Waals surface area contributed by atoms with Crippen LogP contribution in [0, 0.1) is 0 Å². The van der Waals surface area contributed by atoms with Crippen molar-refractivity contribution < 1.29 is 34.1 Å². The molecule has 4 rings (SSSR count). The number of fused-ring (bicyclic) bond motifs is 1. The highest BCUT2D eigenvalue weighted by Gasteiger charge is 2.27. The molecule has 11 nitrogen and oxygen atoms in total. The van der Waals surface area contributed by atoms with Crippen LogP contribution in [0.3, 0.4) is 0 Å². The quantitative estimate of drug-likeness (QED) is 0.116. The second-order valence-corrected chi connectivity index (χ2v) is 10.2. The summed E-state index contributed by atoms with van der Waals surface area (Å²) in [5.41, 5.74) is 14.9. The molecule has 42 heavy (non-hydrogen) atoms. The maximum absolute atomic E-state index is 13.3. The molecule has 218 valence electrons. The number of carboxylic acids is 2. The number of guanidine groups is 1. The Hall–Kier alpha value is -5.19. The SMILES string of the molecule is NC(N)=Nc1ccc(C(=O)Oc2ccc3c(c2)CCCC3CC(=O)N(CC(=O)O)Cc2ccc(CC(=O)O)cc2)cc1. The van der Waals surface area contributed by atoms with E-state index in [0.29, 0.717) is 28.1 Å². The molecule has 1 aliphatic rings. The topological polar surface area (TPSA) is 186 Å². The van der Waals surface area contributed by atoms with E-state index >= 15 is 0 Å². The Balaban J connectivity index is 1.43. The largest absolute Gasteiger partial charge is 0.481 e. The van der Waals surface area contributed by atoms with Gasteiger partial charge in [-0.05, 0) is 83.8 Å². The first-order valence-corrected chi connectivity index (χ1v) is 13.4.